The van der Waals surface area contributed by atoms with E-state index in [1.54, 1.807) is 11.0 Å². The Labute approximate surface area is 239 Å². The number of piperidine rings is 2. The largest absolute Gasteiger partial charge is 1.00 e. The van der Waals surface area contributed by atoms with Crippen LogP contribution in [-0.4, -0.2) is 56.7 Å². The summed E-state index contributed by atoms with van der Waals surface area (Å²) < 4.78 is 10.1. The fourth-order valence-electron chi connectivity index (χ4n) is 2.36. The first-order chi connectivity index (χ1) is 11.6. The Morgan fingerprint density at radius 3 is 1.42 bits per heavy atom. The molecule has 0 aliphatic carbocycles. The molecule has 2 heterocycles. The first-order valence-corrected chi connectivity index (χ1v) is 7.86. The van der Waals surface area contributed by atoms with Crippen molar-refractivity contribution in [3.05, 3.63) is 0 Å². The van der Waals surface area contributed by atoms with Gasteiger partial charge in [-0.2, -0.15) is 4.79 Å². The molecule has 4 N–H and O–H groups in total. The van der Waals surface area contributed by atoms with E-state index in [4.69, 9.17) is 9.47 Å². The molecule has 0 atom stereocenters. The molecule has 2 aliphatic rings. The van der Waals surface area contributed by atoms with Gasteiger partial charge in [0.05, 0.1) is 0 Å². The molecular weight excluding hydrogens is 402 g/mol. The van der Waals surface area contributed by atoms with Gasteiger partial charge in [0.1, 0.15) is 12.2 Å². The molecular formula is C13H24K2N4O7. The molecule has 0 radical (unpaired) electrons. The molecule has 0 bridgehead atoms. The van der Waals surface area contributed by atoms with Crippen LogP contribution in [0.15, 0.2) is 0 Å². The standard InChI is InChI=1S/C13H22N4O7.2K.2H/c18-11(21-9-1-5-14-6-2-9)16-23-13(20)24-17-12(19)22-10-3-7-15-8-4-10;;;;/h9-10,14-15H,1-8H2,(H,16,18)(H,17,19);;;;/q;2*+1;2*-1. The van der Waals surface area contributed by atoms with Gasteiger partial charge in [-0.05, 0) is 51.9 Å². The SMILES string of the molecule is O=C(NOC(=O)ONC(=O)OC1CCNCC1)OC1CCNCC1.[H-].[H-].[K+].[K+]. The van der Waals surface area contributed by atoms with Crippen molar-refractivity contribution in [1.82, 2.24) is 21.6 Å². The molecule has 140 valence electrons. The number of hydroxylamine groups is 2. The van der Waals surface area contributed by atoms with E-state index in [9.17, 15) is 14.4 Å². The summed E-state index contributed by atoms with van der Waals surface area (Å²) in [6.45, 7) is 3.02. The quantitative estimate of drug-likeness (QED) is 0.193. The van der Waals surface area contributed by atoms with Crippen LogP contribution < -0.4 is 124 Å². The van der Waals surface area contributed by atoms with Crippen LogP contribution in [0.3, 0.4) is 0 Å². The van der Waals surface area contributed by atoms with Crippen LogP contribution in [0.2, 0.25) is 0 Å². The van der Waals surface area contributed by atoms with Gasteiger partial charge in [0.2, 0.25) is 0 Å². The third kappa shape index (κ3) is 11.8. The van der Waals surface area contributed by atoms with Gasteiger partial charge in [-0.15, -0.1) is 11.0 Å². The summed E-state index contributed by atoms with van der Waals surface area (Å²) in [5.41, 5.74) is 3.56. The van der Waals surface area contributed by atoms with Crippen molar-refractivity contribution >= 4 is 18.3 Å². The van der Waals surface area contributed by atoms with Crippen LogP contribution in [0.4, 0.5) is 14.4 Å². The van der Waals surface area contributed by atoms with Crippen molar-refractivity contribution < 1.29 is 139 Å². The summed E-state index contributed by atoms with van der Waals surface area (Å²) in [6, 6.07) is 0. The molecule has 2 amide bonds. The minimum absolute atomic E-state index is 0. The zero-order valence-corrected chi connectivity index (χ0v) is 21.4. The second kappa shape index (κ2) is 15.9. The summed E-state index contributed by atoms with van der Waals surface area (Å²) in [7, 11) is 0. The van der Waals surface area contributed by atoms with Gasteiger partial charge < -0.3 is 32.6 Å². The minimum atomic E-state index is -1.32. The van der Waals surface area contributed by atoms with Gasteiger partial charge in [-0.3, -0.25) is 0 Å². The van der Waals surface area contributed by atoms with E-state index < -0.39 is 18.3 Å². The molecule has 0 aromatic heterocycles. The van der Waals surface area contributed by atoms with E-state index in [0.29, 0.717) is 25.7 Å². The number of hydrogen-bond acceptors (Lipinski definition) is 9. The number of nitrogens with one attached hydrogen (secondary N) is 4. The van der Waals surface area contributed by atoms with Crippen LogP contribution >= 0.6 is 0 Å². The van der Waals surface area contributed by atoms with E-state index in [0.717, 1.165) is 26.2 Å². The number of ether oxygens (including phenoxy) is 2. The third-order valence-corrected chi connectivity index (χ3v) is 3.56. The maximum Gasteiger partial charge on any atom is 1.00 e. The number of hydrogen-bond donors (Lipinski definition) is 4. The van der Waals surface area contributed by atoms with Gasteiger partial charge in [-0.1, -0.05) is 0 Å². The van der Waals surface area contributed by atoms with Gasteiger partial charge in [0.15, 0.2) is 0 Å². The van der Waals surface area contributed by atoms with Crippen LogP contribution in [-0.2, 0) is 19.1 Å². The molecule has 2 aliphatic heterocycles. The van der Waals surface area contributed by atoms with E-state index in [2.05, 4.69) is 20.3 Å². The van der Waals surface area contributed by atoms with Crippen LogP contribution in [0, 0.1) is 0 Å². The summed E-state index contributed by atoms with van der Waals surface area (Å²) in [5, 5.41) is 6.24. The fourth-order valence-corrected chi connectivity index (χ4v) is 2.36. The zero-order valence-electron chi connectivity index (χ0n) is 17.2. The third-order valence-electron chi connectivity index (χ3n) is 3.56. The zero-order chi connectivity index (χ0) is 17.2. The normalized spacial score (nSPS) is 17.5. The first-order valence-electron chi connectivity index (χ1n) is 7.86. The Balaban J connectivity index is -0.00000156. The van der Waals surface area contributed by atoms with E-state index in [1.807, 2.05) is 0 Å². The van der Waals surface area contributed by atoms with Crippen molar-refractivity contribution in [2.24, 2.45) is 0 Å². The first kappa shape index (κ1) is 27.0. The van der Waals surface area contributed by atoms with Gasteiger partial charge >= 0.3 is 121 Å². The van der Waals surface area contributed by atoms with Gasteiger partial charge in [-0.25, -0.2) is 9.59 Å². The maximum atomic E-state index is 11.4. The summed E-state index contributed by atoms with van der Waals surface area (Å²) in [5.74, 6) is 0. The molecule has 0 unspecified atom stereocenters. The molecule has 2 fully saturated rings. The van der Waals surface area contributed by atoms with Crippen molar-refractivity contribution in [1.29, 1.82) is 0 Å². The second-order valence-electron chi connectivity index (χ2n) is 5.37. The fraction of sp³-hybridized carbons (Fsp3) is 0.769. The predicted octanol–water partition coefficient (Wildman–Crippen LogP) is -5.84. The molecule has 26 heavy (non-hydrogen) atoms. The number of rotatable bonds is 2. The average Bonchev–Trinajstić information content (AvgIpc) is 2.60. The molecule has 0 aromatic rings. The van der Waals surface area contributed by atoms with Crippen LogP contribution in [0.25, 0.3) is 0 Å². The smallest absolute Gasteiger partial charge is 1.00 e. The Hall–Kier alpha value is 1.00. The van der Waals surface area contributed by atoms with E-state index in [-0.39, 0.29) is 118 Å². The predicted molar refractivity (Wildman–Crippen MR) is 80.8 cm³/mol. The monoisotopic (exact) mass is 426 g/mol. The van der Waals surface area contributed by atoms with Crippen molar-refractivity contribution in [2.45, 2.75) is 37.9 Å². The van der Waals surface area contributed by atoms with Crippen molar-refractivity contribution in [3.8, 4) is 0 Å². The topological polar surface area (TPSA) is 136 Å². The molecule has 0 saturated carbocycles. The Morgan fingerprint density at radius 1 is 0.731 bits per heavy atom. The van der Waals surface area contributed by atoms with Gasteiger partial charge in [0, 0.05) is 0 Å². The summed E-state index contributed by atoms with van der Waals surface area (Å²) in [4.78, 5) is 42.7. The molecule has 2 saturated heterocycles. The molecule has 0 spiro atoms. The average molecular weight is 427 g/mol. The van der Waals surface area contributed by atoms with Crippen molar-refractivity contribution in [3.63, 3.8) is 0 Å². The molecule has 13 heteroatoms. The van der Waals surface area contributed by atoms with Gasteiger partial charge in [0.25, 0.3) is 0 Å². The summed E-state index contributed by atoms with van der Waals surface area (Å²) in [6.07, 6.45) is -0.868. The summed E-state index contributed by atoms with van der Waals surface area (Å²) >= 11 is 0. The van der Waals surface area contributed by atoms with Crippen LogP contribution in [0.5, 0.6) is 0 Å². The van der Waals surface area contributed by atoms with E-state index in [1.165, 1.54) is 0 Å². The van der Waals surface area contributed by atoms with E-state index >= 15 is 0 Å². The number of amides is 2. The molecule has 2 rings (SSSR count). The Kier molecular flexibility index (Phi) is 16.5. The second-order valence-corrected chi connectivity index (χ2v) is 5.37. The Bertz CT molecular complexity index is 419. The minimum Gasteiger partial charge on any atom is -1.00 e. The molecule has 0 aromatic carbocycles. The van der Waals surface area contributed by atoms with Crippen LogP contribution in [0.1, 0.15) is 28.5 Å². The Morgan fingerprint density at radius 2 is 1.08 bits per heavy atom. The molecule has 11 nitrogen and oxygen atoms in total. The number of carbonyl (C=O) groups excluding carboxylic acids is 3. The van der Waals surface area contributed by atoms with Crippen molar-refractivity contribution in [2.75, 3.05) is 26.2 Å². The maximum absolute atomic E-state index is 11.4. The number of carbonyl (C=O) groups is 3.